The zero-order valence-corrected chi connectivity index (χ0v) is 13.7. The molecule has 0 amide bonds. The summed E-state index contributed by atoms with van der Waals surface area (Å²) in [5.41, 5.74) is 3.90. The van der Waals surface area contributed by atoms with Gasteiger partial charge >= 0.3 is 0 Å². The van der Waals surface area contributed by atoms with E-state index in [-0.39, 0.29) is 6.10 Å². The highest BCUT2D eigenvalue weighted by Gasteiger charge is 2.30. The van der Waals surface area contributed by atoms with Crippen LogP contribution in [0, 0.1) is 17.8 Å². The van der Waals surface area contributed by atoms with Gasteiger partial charge in [-0.15, -0.1) is 0 Å². The lowest BCUT2D eigenvalue weighted by atomic mass is 9.73. The molecule has 0 spiro atoms. The molecule has 1 aliphatic carbocycles. The van der Waals surface area contributed by atoms with E-state index in [0.29, 0.717) is 5.92 Å². The van der Waals surface area contributed by atoms with E-state index in [1.807, 2.05) is 0 Å². The van der Waals surface area contributed by atoms with Crippen LogP contribution in [0.4, 0.5) is 5.69 Å². The minimum atomic E-state index is -0.280. The van der Waals surface area contributed by atoms with Crippen LogP contribution in [0.5, 0.6) is 0 Å². The topological polar surface area (TPSA) is 23.5 Å². The van der Waals surface area contributed by atoms with Crippen LogP contribution in [0.1, 0.15) is 56.8 Å². The van der Waals surface area contributed by atoms with Crippen LogP contribution in [-0.2, 0) is 6.42 Å². The van der Waals surface area contributed by atoms with Gasteiger partial charge < -0.3 is 10.0 Å². The van der Waals surface area contributed by atoms with E-state index < -0.39 is 0 Å². The normalized spacial score (nSPS) is 30.9. The Labute approximate surface area is 129 Å². The second-order valence-corrected chi connectivity index (χ2v) is 7.39. The number of hydrogen-bond acceptors (Lipinski definition) is 2. The molecular formula is C19H29NO. The Bertz CT molecular complexity index is 498. The third-order valence-corrected chi connectivity index (χ3v) is 5.88. The SMILES string of the molecule is CC1CCC(C(O)c2ccc3c(c2)CCCN3C)CC1C. The van der Waals surface area contributed by atoms with Gasteiger partial charge in [0.15, 0.2) is 0 Å². The molecule has 1 aromatic carbocycles. The molecule has 0 aromatic heterocycles. The molecule has 1 fully saturated rings. The summed E-state index contributed by atoms with van der Waals surface area (Å²) in [6.07, 6.45) is 5.69. The predicted octanol–water partition coefficient (Wildman–Crippen LogP) is 4.17. The van der Waals surface area contributed by atoms with E-state index in [2.05, 4.69) is 44.0 Å². The van der Waals surface area contributed by atoms with E-state index in [4.69, 9.17) is 0 Å². The number of aryl methyl sites for hydroxylation is 1. The van der Waals surface area contributed by atoms with E-state index in [9.17, 15) is 5.11 Å². The third kappa shape index (κ3) is 2.96. The fourth-order valence-electron chi connectivity index (χ4n) is 4.14. The zero-order valence-electron chi connectivity index (χ0n) is 13.7. The molecule has 21 heavy (non-hydrogen) atoms. The molecule has 1 N–H and O–H groups in total. The highest BCUT2D eigenvalue weighted by Crippen LogP contribution is 2.40. The molecule has 1 aromatic rings. The fraction of sp³-hybridized carbons (Fsp3) is 0.684. The molecular weight excluding hydrogens is 258 g/mol. The van der Waals surface area contributed by atoms with E-state index in [1.165, 1.54) is 36.9 Å². The number of anilines is 1. The van der Waals surface area contributed by atoms with Crippen molar-refractivity contribution in [3.63, 3.8) is 0 Å². The lowest BCUT2D eigenvalue weighted by Crippen LogP contribution is -2.26. The molecule has 2 nitrogen and oxygen atoms in total. The molecule has 0 bridgehead atoms. The van der Waals surface area contributed by atoms with Crippen LogP contribution in [0.2, 0.25) is 0 Å². The first-order chi connectivity index (χ1) is 10.1. The fourth-order valence-corrected chi connectivity index (χ4v) is 4.14. The van der Waals surface area contributed by atoms with Gasteiger partial charge in [0.2, 0.25) is 0 Å². The van der Waals surface area contributed by atoms with Crippen molar-refractivity contribution in [3.05, 3.63) is 29.3 Å². The Balaban J connectivity index is 1.77. The second kappa shape index (κ2) is 6.00. The molecule has 2 aliphatic rings. The van der Waals surface area contributed by atoms with Gasteiger partial charge in [0.25, 0.3) is 0 Å². The summed E-state index contributed by atoms with van der Waals surface area (Å²) in [5, 5.41) is 10.8. The van der Waals surface area contributed by atoms with Gasteiger partial charge in [-0.25, -0.2) is 0 Å². The summed E-state index contributed by atoms with van der Waals surface area (Å²) in [4.78, 5) is 2.33. The van der Waals surface area contributed by atoms with Crippen LogP contribution in [0.3, 0.4) is 0 Å². The van der Waals surface area contributed by atoms with Crippen LogP contribution < -0.4 is 4.90 Å². The Morgan fingerprint density at radius 1 is 1.19 bits per heavy atom. The van der Waals surface area contributed by atoms with Crippen molar-refractivity contribution in [2.45, 2.75) is 52.1 Å². The monoisotopic (exact) mass is 287 g/mol. The molecule has 2 heteroatoms. The van der Waals surface area contributed by atoms with Crippen LogP contribution in [0.15, 0.2) is 18.2 Å². The van der Waals surface area contributed by atoms with E-state index in [1.54, 1.807) is 0 Å². The number of aliphatic hydroxyl groups excluding tert-OH is 1. The summed E-state index contributed by atoms with van der Waals surface area (Å²) in [6.45, 7) is 5.83. The first kappa shape index (κ1) is 14.9. The molecule has 1 aliphatic heterocycles. The van der Waals surface area contributed by atoms with Crippen molar-refractivity contribution in [3.8, 4) is 0 Å². The number of fused-ring (bicyclic) bond motifs is 1. The van der Waals surface area contributed by atoms with E-state index >= 15 is 0 Å². The summed E-state index contributed by atoms with van der Waals surface area (Å²) in [6, 6.07) is 6.62. The number of hydrogen-bond donors (Lipinski definition) is 1. The minimum absolute atomic E-state index is 0.280. The standard InChI is InChI=1S/C19H29NO/c1-13-6-7-16(11-14(13)2)19(21)17-8-9-18-15(12-17)5-4-10-20(18)3/h8-9,12-14,16,19,21H,4-7,10-11H2,1-3H3. The summed E-state index contributed by atoms with van der Waals surface area (Å²) in [7, 11) is 2.16. The summed E-state index contributed by atoms with van der Waals surface area (Å²) >= 11 is 0. The maximum Gasteiger partial charge on any atom is 0.0818 e. The molecule has 3 rings (SSSR count). The molecule has 0 saturated heterocycles. The predicted molar refractivity (Wildman–Crippen MR) is 88.7 cm³/mol. The Morgan fingerprint density at radius 2 is 2.00 bits per heavy atom. The van der Waals surface area contributed by atoms with Gasteiger partial charge in [-0.05, 0) is 60.6 Å². The molecule has 1 saturated carbocycles. The number of aliphatic hydroxyl groups is 1. The van der Waals surface area contributed by atoms with Crippen molar-refractivity contribution < 1.29 is 5.11 Å². The third-order valence-electron chi connectivity index (χ3n) is 5.88. The quantitative estimate of drug-likeness (QED) is 0.882. The lowest BCUT2D eigenvalue weighted by Gasteiger charge is -2.35. The van der Waals surface area contributed by atoms with Crippen molar-refractivity contribution in [2.75, 3.05) is 18.5 Å². The number of benzene rings is 1. The summed E-state index contributed by atoms with van der Waals surface area (Å²) in [5.74, 6) is 1.99. The highest BCUT2D eigenvalue weighted by molar-refractivity contribution is 5.56. The van der Waals surface area contributed by atoms with E-state index in [0.717, 1.165) is 30.4 Å². The maximum atomic E-state index is 10.8. The number of nitrogens with zero attached hydrogens (tertiary/aromatic N) is 1. The first-order valence-electron chi connectivity index (χ1n) is 8.58. The lowest BCUT2D eigenvalue weighted by molar-refractivity contribution is 0.0560. The first-order valence-corrected chi connectivity index (χ1v) is 8.58. The van der Waals surface area contributed by atoms with Gasteiger partial charge in [-0.2, -0.15) is 0 Å². The maximum absolute atomic E-state index is 10.8. The van der Waals surface area contributed by atoms with Gasteiger partial charge in [0.05, 0.1) is 6.10 Å². The Morgan fingerprint density at radius 3 is 2.76 bits per heavy atom. The van der Waals surface area contributed by atoms with Crippen molar-refractivity contribution in [2.24, 2.45) is 17.8 Å². The van der Waals surface area contributed by atoms with Gasteiger partial charge in [-0.3, -0.25) is 0 Å². The van der Waals surface area contributed by atoms with Gasteiger partial charge in [0, 0.05) is 19.3 Å². The largest absolute Gasteiger partial charge is 0.388 e. The molecule has 0 radical (unpaired) electrons. The average molecular weight is 287 g/mol. The zero-order chi connectivity index (χ0) is 15.0. The molecule has 4 unspecified atom stereocenters. The van der Waals surface area contributed by atoms with Gasteiger partial charge in [0.1, 0.15) is 0 Å². The molecule has 116 valence electrons. The van der Waals surface area contributed by atoms with Crippen molar-refractivity contribution >= 4 is 5.69 Å². The van der Waals surface area contributed by atoms with Gasteiger partial charge in [-0.1, -0.05) is 32.4 Å². The average Bonchev–Trinajstić information content (AvgIpc) is 2.49. The molecule has 1 heterocycles. The van der Waals surface area contributed by atoms with Crippen molar-refractivity contribution in [1.29, 1.82) is 0 Å². The smallest absolute Gasteiger partial charge is 0.0818 e. The van der Waals surface area contributed by atoms with Crippen LogP contribution >= 0.6 is 0 Å². The van der Waals surface area contributed by atoms with Crippen molar-refractivity contribution in [1.82, 2.24) is 0 Å². The summed E-state index contributed by atoms with van der Waals surface area (Å²) < 4.78 is 0. The highest BCUT2D eigenvalue weighted by atomic mass is 16.3. The molecule has 4 atom stereocenters. The Hall–Kier alpha value is -1.02. The van der Waals surface area contributed by atoms with Crippen LogP contribution in [0.25, 0.3) is 0 Å². The second-order valence-electron chi connectivity index (χ2n) is 7.39. The minimum Gasteiger partial charge on any atom is -0.388 e. The Kier molecular flexibility index (Phi) is 4.26. The van der Waals surface area contributed by atoms with Crippen LogP contribution in [-0.4, -0.2) is 18.7 Å². The number of rotatable bonds is 2.